The standard InChI is InChI=1S/C17H21N3O2/c1-4-15-17(16(5-2)20(19-15)9-10-21-3)22-14-8-6-7-13(11-14)12-18/h6-8,11H,4-5,9-10H2,1-3H3. The number of methoxy groups -OCH3 is 1. The average Bonchev–Trinajstić information content (AvgIpc) is 2.89. The van der Waals surface area contributed by atoms with Gasteiger partial charge in [0.15, 0.2) is 5.75 Å². The predicted molar refractivity (Wildman–Crippen MR) is 84.1 cm³/mol. The van der Waals surface area contributed by atoms with E-state index in [9.17, 15) is 0 Å². The number of nitriles is 1. The van der Waals surface area contributed by atoms with E-state index in [1.165, 1.54) is 0 Å². The molecule has 1 aromatic carbocycles. The zero-order valence-electron chi connectivity index (χ0n) is 13.3. The third-order valence-electron chi connectivity index (χ3n) is 3.44. The van der Waals surface area contributed by atoms with Gasteiger partial charge in [0.1, 0.15) is 11.4 Å². The van der Waals surface area contributed by atoms with Gasteiger partial charge >= 0.3 is 0 Å². The molecule has 1 aromatic heterocycles. The maximum atomic E-state index is 8.99. The maximum absolute atomic E-state index is 8.99. The molecule has 0 fully saturated rings. The Morgan fingerprint density at radius 1 is 1.27 bits per heavy atom. The van der Waals surface area contributed by atoms with Gasteiger partial charge in [-0.25, -0.2) is 0 Å². The Morgan fingerprint density at radius 2 is 2.09 bits per heavy atom. The van der Waals surface area contributed by atoms with E-state index in [0.717, 1.165) is 30.0 Å². The van der Waals surface area contributed by atoms with Gasteiger partial charge in [-0.15, -0.1) is 0 Å². The van der Waals surface area contributed by atoms with Gasteiger partial charge in [-0.2, -0.15) is 10.4 Å². The maximum Gasteiger partial charge on any atom is 0.171 e. The van der Waals surface area contributed by atoms with Gasteiger partial charge in [-0.05, 0) is 31.0 Å². The molecule has 0 saturated carbocycles. The molecule has 0 radical (unpaired) electrons. The second-order valence-electron chi connectivity index (χ2n) is 4.89. The van der Waals surface area contributed by atoms with E-state index in [2.05, 4.69) is 25.0 Å². The van der Waals surface area contributed by atoms with E-state index in [1.807, 2.05) is 16.8 Å². The Bertz CT molecular complexity index is 671. The third kappa shape index (κ3) is 3.46. The van der Waals surface area contributed by atoms with Gasteiger partial charge in [0.2, 0.25) is 0 Å². The molecule has 0 unspecified atom stereocenters. The predicted octanol–water partition coefficient (Wildman–Crippen LogP) is 3.32. The minimum atomic E-state index is 0.584. The van der Waals surface area contributed by atoms with Crippen molar-refractivity contribution in [2.45, 2.75) is 33.2 Å². The van der Waals surface area contributed by atoms with Gasteiger partial charge in [0, 0.05) is 7.11 Å². The number of benzene rings is 1. The molecule has 1 heterocycles. The fourth-order valence-electron chi connectivity index (χ4n) is 2.34. The molecular formula is C17H21N3O2. The van der Waals surface area contributed by atoms with Crippen molar-refractivity contribution in [3.8, 4) is 17.6 Å². The molecule has 2 aromatic rings. The van der Waals surface area contributed by atoms with Gasteiger partial charge < -0.3 is 9.47 Å². The summed E-state index contributed by atoms with van der Waals surface area (Å²) in [5.74, 6) is 1.46. The van der Waals surface area contributed by atoms with E-state index in [-0.39, 0.29) is 0 Å². The molecule has 116 valence electrons. The third-order valence-corrected chi connectivity index (χ3v) is 3.44. The molecule has 5 heteroatoms. The number of aryl methyl sites for hydroxylation is 1. The number of rotatable bonds is 7. The van der Waals surface area contributed by atoms with Crippen molar-refractivity contribution in [2.75, 3.05) is 13.7 Å². The van der Waals surface area contributed by atoms with Crippen LogP contribution >= 0.6 is 0 Å². The van der Waals surface area contributed by atoms with Crippen LogP contribution in [-0.4, -0.2) is 23.5 Å². The quantitative estimate of drug-likeness (QED) is 0.787. The topological polar surface area (TPSA) is 60.1 Å². The zero-order valence-corrected chi connectivity index (χ0v) is 13.3. The highest BCUT2D eigenvalue weighted by Crippen LogP contribution is 2.30. The zero-order chi connectivity index (χ0) is 15.9. The van der Waals surface area contributed by atoms with E-state index in [0.29, 0.717) is 24.5 Å². The summed E-state index contributed by atoms with van der Waals surface area (Å²) < 4.78 is 13.1. The van der Waals surface area contributed by atoms with Gasteiger partial charge in [0.05, 0.1) is 30.5 Å². The molecule has 22 heavy (non-hydrogen) atoms. The summed E-state index contributed by atoms with van der Waals surface area (Å²) in [6.07, 6.45) is 1.62. The highest BCUT2D eigenvalue weighted by molar-refractivity contribution is 5.42. The molecule has 5 nitrogen and oxygen atoms in total. The molecule has 0 aliphatic rings. The van der Waals surface area contributed by atoms with Crippen LogP contribution < -0.4 is 4.74 Å². The van der Waals surface area contributed by atoms with Crippen LogP contribution in [0.1, 0.15) is 30.8 Å². The Morgan fingerprint density at radius 3 is 2.73 bits per heavy atom. The lowest BCUT2D eigenvalue weighted by Gasteiger charge is -2.09. The summed E-state index contributed by atoms with van der Waals surface area (Å²) in [4.78, 5) is 0. The van der Waals surface area contributed by atoms with Crippen molar-refractivity contribution in [1.82, 2.24) is 9.78 Å². The van der Waals surface area contributed by atoms with Crippen molar-refractivity contribution < 1.29 is 9.47 Å². The van der Waals surface area contributed by atoms with Crippen molar-refractivity contribution in [1.29, 1.82) is 5.26 Å². The lowest BCUT2D eigenvalue weighted by Crippen LogP contribution is -2.09. The monoisotopic (exact) mass is 299 g/mol. The van der Waals surface area contributed by atoms with Gasteiger partial charge in [-0.1, -0.05) is 19.9 Å². The Balaban J connectivity index is 2.35. The van der Waals surface area contributed by atoms with Crippen LogP contribution in [0.5, 0.6) is 11.5 Å². The van der Waals surface area contributed by atoms with E-state index < -0.39 is 0 Å². The van der Waals surface area contributed by atoms with Crippen LogP contribution in [0.4, 0.5) is 0 Å². The van der Waals surface area contributed by atoms with Crippen molar-refractivity contribution in [3.05, 3.63) is 41.2 Å². The second kappa shape index (κ2) is 7.62. The SMILES string of the molecule is CCc1nn(CCOC)c(CC)c1Oc1cccc(C#N)c1. The smallest absolute Gasteiger partial charge is 0.171 e. The molecule has 0 amide bonds. The van der Waals surface area contributed by atoms with Crippen molar-refractivity contribution in [3.63, 3.8) is 0 Å². The lowest BCUT2D eigenvalue weighted by atomic mass is 10.2. The fraction of sp³-hybridized carbons (Fsp3) is 0.412. The van der Waals surface area contributed by atoms with Crippen LogP contribution in [0.2, 0.25) is 0 Å². The molecule has 0 saturated heterocycles. The lowest BCUT2D eigenvalue weighted by molar-refractivity contribution is 0.182. The highest BCUT2D eigenvalue weighted by atomic mass is 16.5. The fourth-order valence-corrected chi connectivity index (χ4v) is 2.34. The molecule has 0 aliphatic carbocycles. The number of aromatic nitrogens is 2. The van der Waals surface area contributed by atoms with E-state index in [4.69, 9.17) is 14.7 Å². The Labute approximate surface area is 131 Å². The summed E-state index contributed by atoms with van der Waals surface area (Å²) in [7, 11) is 1.68. The van der Waals surface area contributed by atoms with Crippen molar-refractivity contribution >= 4 is 0 Å². The Kier molecular flexibility index (Phi) is 5.56. The summed E-state index contributed by atoms with van der Waals surface area (Å²) in [6, 6.07) is 9.30. The average molecular weight is 299 g/mol. The van der Waals surface area contributed by atoms with E-state index >= 15 is 0 Å². The first kappa shape index (κ1) is 16.1. The molecular weight excluding hydrogens is 278 g/mol. The van der Waals surface area contributed by atoms with Crippen LogP contribution in [-0.2, 0) is 24.1 Å². The largest absolute Gasteiger partial charge is 0.453 e. The molecule has 0 bridgehead atoms. The normalized spacial score (nSPS) is 10.5. The van der Waals surface area contributed by atoms with Gasteiger partial charge in [-0.3, -0.25) is 4.68 Å². The molecule has 2 rings (SSSR count). The summed E-state index contributed by atoms with van der Waals surface area (Å²) in [5.41, 5.74) is 2.56. The minimum Gasteiger partial charge on any atom is -0.453 e. The number of nitrogens with zero attached hydrogens (tertiary/aromatic N) is 3. The first-order chi connectivity index (χ1) is 10.7. The number of hydrogen-bond acceptors (Lipinski definition) is 4. The second-order valence-corrected chi connectivity index (χ2v) is 4.89. The summed E-state index contributed by atoms with van der Waals surface area (Å²) in [6.45, 7) is 5.45. The van der Waals surface area contributed by atoms with Crippen LogP contribution in [0, 0.1) is 11.3 Å². The minimum absolute atomic E-state index is 0.584. The highest BCUT2D eigenvalue weighted by Gasteiger charge is 2.17. The van der Waals surface area contributed by atoms with Crippen molar-refractivity contribution in [2.24, 2.45) is 0 Å². The molecule has 0 aliphatic heterocycles. The first-order valence-electron chi connectivity index (χ1n) is 7.48. The summed E-state index contributed by atoms with van der Waals surface area (Å²) >= 11 is 0. The molecule has 0 N–H and O–H groups in total. The molecule has 0 spiro atoms. The van der Waals surface area contributed by atoms with Gasteiger partial charge in [0.25, 0.3) is 0 Å². The van der Waals surface area contributed by atoms with Crippen LogP contribution in [0.25, 0.3) is 0 Å². The summed E-state index contributed by atoms with van der Waals surface area (Å²) in [5, 5.41) is 13.6. The van der Waals surface area contributed by atoms with E-state index in [1.54, 1.807) is 19.2 Å². The van der Waals surface area contributed by atoms with Crippen LogP contribution in [0.3, 0.4) is 0 Å². The number of ether oxygens (including phenoxy) is 2. The van der Waals surface area contributed by atoms with Crippen LogP contribution in [0.15, 0.2) is 24.3 Å². The first-order valence-corrected chi connectivity index (χ1v) is 7.48. The molecule has 0 atom stereocenters. The Hall–Kier alpha value is -2.32. The number of hydrogen-bond donors (Lipinski definition) is 0.